The van der Waals surface area contributed by atoms with E-state index in [4.69, 9.17) is 0 Å². The van der Waals surface area contributed by atoms with E-state index in [1.54, 1.807) is 12.3 Å². The van der Waals surface area contributed by atoms with Crippen molar-refractivity contribution in [2.45, 2.75) is 44.1 Å². The van der Waals surface area contributed by atoms with Crippen molar-refractivity contribution in [3.8, 4) is 0 Å². The van der Waals surface area contributed by atoms with Crippen LogP contribution in [0.15, 0.2) is 16.7 Å². The zero-order chi connectivity index (χ0) is 14.6. The van der Waals surface area contributed by atoms with E-state index in [9.17, 15) is 9.90 Å². The normalized spacial score (nSPS) is 36.7. The Morgan fingerprint density at radius 2 is 1.81 bits per heavy atom. The molecule has 1 aromatic rings. The van der Waals surface area contributed by atoms with Gasteiger partial charge in [0, 0.05) is 16.2 Å². The summed E-state index contributed by atoms with van der Waals surface area (Å²) in [4.78, 5) is 15.8. The number of aromatic carboxylic acids is 1. The van der Waals surface area contributed by atoms with E-state index in [1.807, 2.05) is 0 Å². The van der Waals surface area contributed by atoms with E-state index < -0.39 is 5.97 Å². The number of pyridine rings is 1. The Kier molecular flexibility index (Phi) is 3.03. The maximum Gasteiger partial charge on any atom is 0.339 e. The maximum absolute atomic E-state index is 11.5. The number of nitrogens with one attached hydrogen (secondary N) is 1. The highest BCUT2D eigenvalue weighted by atomic mass is 79.9. The summed E-state index contributed by atoms with van der Waals surface area (Å²) in [5.74, 6) is 2.09. The number of anilines is 1. The van der Waals surface area contributed by atoms with Crippen molar-refractivity contribution in [3.63, 3.8) is 0 Å². The van der Waals surface area contributed by atoms with Gasteiger partial charge in [0.1, 0.15) is 11.4 Å². The van der Waals surface area contributed by atoms with Crippen LogP contribution >= 0.6 is 15.9 Å². The van der Waals surface area contributed by atoms with Crippen LogP contribution in [0.2, 0.25) is 0 Å². The van der Waals surface area contributed by atoms with Gasteiger partial charge in [0.25, 0.3) is 0 Å². The first-order valence-electron chi connectivity index (χ1n) is 7.70. The molecule has 4 saturated carbocycles. The monoisotopic (exact) mass is 350 g/mol. The standard InChI is InChI=1S/C16H19BrN2O2/c17-12-4-13(15(20)21)14(18-8-12)19-16-5-9-1-10(6-16)3-11(2-9)7-16/h4,8-11H,1-3,5-7H2,(H,18,19)(H,20,21). The van der Waals surface area contributed by atoms with Crippen molar-refractivity contribution in [1.82, 2.24) is 4.98 Å². The molecule has 0 radical (unpaired) electrons. The lowest BCUT2D eigenvalue weighted by Gasteiger charge is -2.57. The van der Waals surface area contributed by atoms with Crippen molar-refractivity contribution in [1.29, 1.82) is 0 Å². The van der Waals surface area contributed by atoms with Crippen molar-refractivity contribution < 1.29 is 9.90 Å². The summed E-state index contributed by atoms with van der Waals surface area (Å²) in [6.07, 6.45) is 9.33. The van der Waals surface area contributed by atoms with Crippen molar-refractivity contribution in [2.24, 2.45) is 17.8 Å². The van der Waals surface area contributed by atoms with Crippen molar-refractivity contribution >= 4 is 27.7 Å². The van der Waals surface area contributed by atoms with E-state index in [2.05, 4.69) is 26.2 Å². The quantitative estimate of drug-likeness (QED) is 0.866. The highest BCUT2D eigenvalue weighted by Gasteiger charge is 2.51. The summed E-state index contributed by atoms with van der Waals surface area (Å²) >= 11 is 3.30. The lowest BCUT2D eigenvalue weighted by atomic mass is 9.53. The molecule has 0 spiro atoms. The number of carboxylic acid groups (broad SMARTS) is 1. The van der Waals surface area contributed by atoms with Crippen LogP contribution in [0, 0.1) is 17.8 Å². The lowest BCUT2D eigenvalue weighted by molar-refractivity contribution is 0.0105. The number of nitrogens with zero attached hydrogens (tertiary/aromatic N) is 1. The summed E-state index contributed by atoms with van der Waals surface area (Å²) in [6.45, 7) is 0. The molecule has 4 bridgehead atoms. The zero-order valence-corrected chi connectivity index (χ0v) is 13.4. The van der Waals surface area contributed by atoms with Gasteiger partial charge in [0.05, 0.1) is 0 Å². The van der Waals surface area contributed by atoms with Crippen LogP contribution in [-0.4, -0.2) is 21.6 Å². The SMILES string of the molecule is O=C(O)c1cc(Br)cnc1NC12CC3CC(CC(C3)C1)C2. The smallest absolute Gasteiger partial charge is 0.339 e. The van der Waals surface area contributed by atoms with Gasteiger partial charge < -0.3 is 10.4 Å². The Balaban J connectivity index is 1.66. The molecule has 1 aromatic heterocycles. The first kappa shape index (κ1) is 13.6. The van der Waals surface area contributed by atoms with Gasteiger partial charge in [0.2, 0.25) is 0 Å². The molecule has 4 aliphatic carbocycles. The summed E-state index contributed by atoms with van der Waals surface area (Å²) in [5.41, 5.74) is 0.347. The molecule has 0 aromatic carbocycles. The largest absolute Gasteiger partial charge is 0.478 e. The molecule has 0 aliphatic heterocycles. The van der Waals surface area contributed by atoms with Crippen LogP contribution in [0.25, 0.3) is 0 Å². The summed E-state index contributed by atoms with van der Waals surface area (Å²) in [7, 11) is 0. The van der Waals surface area contributed by atoms with E-state index in [1.165, 1.54) is 38.5 Å². The van der Waals surface area contributed by atoms with Gasteiger partial charge in [0.15, 0.2) is 0 Å². The first-order chi connectivity index (χ1) is 10.0. The fourth-order valence-corrected chi connectivity index (χ4v) is 5.55. The Labute approximate surface area is 132 Å². The maximum atomic E-state index is 11.5. The van der Waals surface area contributed by atoms with Crippen molar-refractivity contribution in [3.05, 3.63) is 22.3 Å². The van der Waals surface area contributed by atoms with Crippen LogP contribution in [0.1, 0.15) is 48.9 Å². The fourth-order valence-electron chi connectivity index (χ4n) is 5.22. The topological polar surface area (TPSA) is 62.2 Å². The van der Waals surface area contributed by atoms with Crippen molar-refractivity contribution in [2.75, 3.05) is 5.32 Å². The summed E-state index contributed by atoms with van der Waals surface area (Å²) < 4.78 is 0.705. The third-order valence-corrected chi connectivity index (χ3v) is 5.94. The zero-order valence-electron chi connectivity index (χ0n) is 11.8. The van der Waals surface area contributed by atoms with Gasteiger partial charge >= 0.3 is 5.97 Å². The Morgan fingerprint density at radius 3 is 2.33 bits per heavy atom. The molecule has 0 atom stereocenters. The van der Waals surface area contributed by atoms with Gasteiger partial charge in [-0.25, -0.2) is 9.78 Å². The van der Waals surface area contributed by atoms with Gasteiger partial charge in [-0.15, -0.1) is 0 Å². The van der Waals surface area contributed by atoms with Gasteiger partial charge in [-0.2, -0.15) is 0 Å². The Hall–Kier alpha value is -1.10. The molecule has 0 saturated heterocycles. The molecule has 1 heterocycles. The van der Waals surface area contributed by atoms with E-state index >= 15 is 0 Å². The van der Waals surface area contributed by atoms with E-state index in [-0.39, 0.29) is 11.1 Å². The van der Waals surface area contributed by atoms with Gasteiger partial charge in [-0.3, -0.25) is 0 Å². The number of carbonyl (C=O) groups is 1. The second-order valence-electron chi connectivity index (χ2n) is 7.18. The molecule has 112 valence electrons. The Morgan fingerprint density at radius 1 is 1.24 bits per heavy atom. The molecular weight excluding hydrogens is 332 g/mol. The molecular formula is C16H19BrN2O2. The third kappa shape index (κ3) is 2.35. The number of hydrogen-bond donors (Lipinski definition) is 2. The summed E-state index contributed by atoms with van der Waals surface area (Å²) in [6, 6.07) is 1.64. The number of aromatic nitrogens is 1. The highest BCUT2D eigenvalue weighted by Crippen LogP contribution is 2.56. The molecule has 4 fully saturated rings. The third-order valence-electron chi connectivity index (χ3n) is 5.51. The number of halogens is 1. The minimum atomic E-state index is -0.920. The predicted molar refractivity (Wildman–Crippen MR) is 83.4 cm³/mol. The second kappa shape index (κ2) is 4.70. The number of rotatable bonds is 3. The molecule has 21 heavy (non-hydrogen) atoms. The average molecular weight is 351 g/mol. The van der Waals surface area contributed by atoms with Crippen LogP contribution < -0.4 is 5.32 Å². The molecule has 4 aliphatic rings. The molecule has 2 N–H and O–H groups in total. The first-order valence-corrected chi connectivity index (χ1v) is 8.49. The highest BCUT2D eigenvalue weighted by molar-refractivity contribution is 9.10. The molecule has 0 amide bonds. The van der Waals surface area contributed by atoms with Crippen LogP contribution in [0.5, 0.6) is 0 Å². The molecule has 5 heteroatoms. The second-order valence-corrected chi connectivity index (χ2v) is 8.09. The van der Waals surface area contributed by atoms with Gasteiger partial charge in [-0.1, -0.05) is 0 Å². The fraction of sp³-hybridized carbons (Fsp3) is 0.625. The van der Waals surface area contributed by atoms with E-state index in [0.717, 1.165) is 17.8 Å². The Bertz CT molecular complexity index is 567. The number of hydrogen-bond acceptors (Lipinski definition) is 3. The van der Waals surface area contributed by atoms with Crippen LogP contribution in [0.3, 0.4) is 0 Å². The van der Waals surface area contributed by atoms with Crippen LogP contribution in [-0.2, 0) is 0 Å². The molecule has 0 unspecified atom stereocenters. The van der Waals surface area contributed by atoms with Crippen LogP contribution in [0.4, 0.5) is 5.82 Å². The molecule has 4 nitrogen and oxygen atoms in total. The summed E-state index contributed by atoms with van der Waals surface area (Å²) in [5, 5.41) is 13.0. The lowest BCUT2D eigenvalue weighted by Crippen LogP contribution is -2.55. The predicted octanol–water partition coefficient (Wildman–Crippen LogP) is 3.92. The average Bonchev–Trinajstić information content (AvgIpc) is 2.38. The van der Waals surface area contributed by atoms with E-state index in [0.29, 0.717) is 10.3 Å². The minimum Gasteiger partial charge on any atom is -0.478 e. The number of carboxylic acids is 1. The molecule has 5 rings (SSSR count). The van der Waals surface area contributed by atoms with Gasteiger partial charge in [-0.05, 0) is 78.3 Å². The minimum absolute atomic E-state index is 0.0831.